The zero-order chi connectivity index (χ0) is 47.7. The zero-order valence-electron chi connectivity index (χ0n) is 39.7. The number of nitrogens with one attached hydrogen (secondary N) is 1. The summed E-state index contributed by atoms with van der Waals surface area (Å²) in [6.45, 7) is 0. The van der Waals surface area contributed by atoms with Crippen LogP contribution in [-0.4, -0.2) is 42.7 Å². The Morgan fingerprint density at radius 1 is 0.362 bits per heavy atom. The van der Waals surface area contributed by atoms with Crippen molar-refractivity contribution in [3.05, 3.63) is 245 Å². The fraction of sp³-hybridized carbons (Fsp3) is 0.115. The van der Waals surface area contributed by atoms with Crippen LogP contribution in [0.15, 0.2) is 201 Å². The van der Waals surface area contributed by atoms with E-state index in [2.05, 4.69) is 138 Å². The first-order chi connectivity index (χ1) is 33.9. The lowest BCUT2D eigenvalue weighted by atomic mass is 9.96. The molecular formula is C61H54N2O6. The van der Waals surface area contributed by atoms with E-state index in [1.54, 1.807) is 42.7 Å². The van der Waals surface area contributed by atoms with Crippen LogP contribution in [0.3, 0.4) is 0 Å². The number of hydrogen-bond acceptors (Lipinski definition) is 8. The van der Waals surface area contributed by atoms with Crippen LogP contribution in [0.1, 0.15) is 44.5 Å². The first-order valence-corrected chi connectivity index (χ1v) is 22.7. The van der Waals surface area contributed by atoms with Crippen LogP contribution >= 0.6 is 0 Å². The molecule has 0 aromatic heterocycles. The molecule has 0 amide bonds. The fourth-order valence-corrected chi connectivity index (χ4v) is 8.66. The smallest absolute Gasteiger partial charge is 0.118 e. The highest BCUT2D eigenvalue weighted by molar-refractivity contribution is 5.88. The number of benzene rings is 8. The molecule has 1 aliphatic rings. The molecule has 9 rings (SSSR count). The van der Waals surface area contributed by atoms with Gasteiger partial charge in [-0.3, -0.25) is 0 Å². The quantitative estimate of drug-likeness (QED) is 0.0969. The molecule has 69 heavy (non-hydrogen) atoms. The summed E-state index contributed by atoms with van der Waals surface area (Å²) >= 11 is 0. The Kier molecular flexibility index (Phi) is 13.8. The second kappa shape index (κ2) is 20.9. The van der Waals surface area contributed by atoms with Gasteiger partial charge < -0.3 is 38.6 Å². The number of methoxy groups -OCH3 is 6. The lowest BCUT2D eigenvalue weighted by Gasteiger charge is -2.23. The van der Waals surface area contributed by atoms with Gasteiger partial charge in [0.15, 0.2) is 0 Å². The van der Waals surface area contributed by atoms with Crippen molar-refractivity contribution < 1.29 is 28.4 Å². The molecule has 0 atom stereocenters. The van der Waals surface area contributed by atoms with E-state index < -0.39 is 0 Å². The number of fused-ring (bicyclic) bond motifs is 3. The standard InChI is InChI=1S/C61H54N2O6/c1-64-51-21-7-41(8-22-51)59(42-9-23-52(65-2)24-10-42)38-62-49-19-33-57-47(36-49)35-48-37-50(20-34-58(48)57)63(39-60(43-11-25-53(66-3)26-12-43)44-13-27-54(67-4)28-14-44)40-61(45-15-29-55(68-5)30-16-45)46-17-31-56(69-6)32-18-46/h7-34,36-40,62H,35H2,1-6H3. The Hall–Kier alpha value is -8.62. The van der Waals surface area contributed by atoms with Crippen LogP contribution in [0, 0.1) is 0 Å². The molecule has 0 fully saturated rings. The summed E-state index contributed by atoms with van der Waals surface area (Å²) in [5, 5.41) is 3.64. The molecule has 344 valence electrons. The Balaban J connectivity index is 1.13. The van der Waals surface area contributed by atoms with E-state index in [0.29, 0.717) is 0 Å². The van der Waals surface area contributed by atoms with Crippen molar-refractivity contribution in [1.29, 1.82) is 0 Å². The third-order valence-corrected chi connectivity index (χ3v) is 12.5. The number of ether oxygens (including phenoxy) is 6. The molecule has 0 spiro atoms. The molecule has 1 aliphatic carbocycles. The summed E-state index contributed by atoms with van der Waals surface area (Å²) in [6.07, 6.45) is 7.29. The lowest BCUT2D eigenvalue weighted by Crippen LogP contribution is -2.11. The van der Waals surface area contributed by atoms with Gasteiger partial charge in [0.2, 0.25) is 0 Å². The monoisotopic (exact) mass is 910 g/mol. The first kappa shape index (κ1) is 45.5. The second-order valence-corrected chi connectivity index (χ2v) is 16.5. The molecule has 8 heteroatoms. The molecule has 0 heterocycles. The van der Waals surface area contributed by atoms with Crippen LogP contribution in [0.2, 0.25) is 0 Å². The van der Waals surface area contributed by atoms with Gasteiger partial charge in [-0.15, -0.1) is 0 Å². The average Bonchev–Trinajstić information content (AvgIpc) is 3.79. The largest absolute Gasteiger partial charge is 0.497 e. The maximum absolute atomic E-state index is 5.58. The Morgan fingerprint density at radius 3 is 1.00 bits per heavy atom. The van der Waals surface area contributed by atoms with Crippen molar-refractivity contribution in [2.45, 2.75) is 6.42 Å². The molecule has 1 N–H and O–H groups in total. The van der Waals surface area contributed by atoms with Gasteiger partial charge in [0.25, 0.3) is 0 Å². The van der Waals surface area contributed by atoms with Gasteiger partial charge in [0, 0.05) is 46.7 Å². The molecule has 8 nitrogen and oxygen atoms in total. The number of hydrogen-bond donors (Lipinski definition) is 1. The molecule has 0 bridgehead atoms. The number of nitrogens with zero attached hydrogens (tertiary/aromatic N) is 1. The van der Waals surface area contributed by atoms with E-state index in [0.717, 1.165) is 102 Å². The Bertz CT molecular complexity index is 2860. The van der Waals surface area contributed by atoms with Crippen molar-refractivity contribution in [2.75, 3.05) is 52.9 Å². The maximum atomic E-state index is 5.58. The molecule has 0 unspecified atom stereocenters. The van der Waals surface area contributed by atoms with Gasteiger partial charge in [0.05, 0.1) is 42.7 Å². The van der Waals surface area contributed by atoms with E-state index in [1.807, 2.05) is 72.8 Å². The second-order valence-electron chi connectivity index (χ2n) is 16.5. The third kappa shape index (κ3) is 10.2. The minimum absolute atomic E-state index is 0.774. The van der Waals surface area contributed by atoms with Crippen LogP contribution in [-0.2, 0) is 6.42 Å². The van der Waals surface area contributed by atoms with E-state index in [9.17, 15) is 0 Å². The van der Waals surface area contributed by atoms with Gasteiger partial charge in [-0.1, -0.05) is 84.9 Å². The van der Waals surface area contributed by atoms with Gasteiger partial charge >= 0.3 is 0 Å². The number of rotatable bonds is 17. The summed E-state index contributed by atoms with van der Waals surface area (Å²) in [4.78, 5) is 2.24. The lowest BCUT2D eigenvalue weighted by molar-refractivity contribution is 0.414. The van der Waals surface area contributed by atoms with Gasteiger partial charge in [-0.05, 0) is 159 Å². The molecule has 8 aromatic carbocycles. The van der Waals surface area contributed by atoms with E-state index in [-0.39, 0.29) is 0 Å². The van der Waals surface area contributed by atoms with E-state index in [1.165, 1.54) is 22.3 Å². The number of anilines is 2. The minimum atomic E-state index is 0.774. The predicted octanol–water partition coefficient (Wildman–Crippen LogP) is 13.8. The molecule has 0 saturated heterocycles. The van der Waals surface area contributed by atoms with Crippen molar-refractivity contribution in [2.24, 2.45) is 0 Å². The van der Waals surface area contributed by atoms with Crippen molar-refractivity contribution >= 4 is 28.1 Å². The maximum Gasteiger partial charge on any atom is 0.118 e. The van der Waals surface area contributed by atoms with E-state index >= 15 is 0 Å². The van der Waals surface area contributed by atoms with Gasteiger partial charge in [-0.2, -0.15) is 0 Å². The van der Waals surface area contributed by atoms with E-state index in [4.69, 9.17) is 28.4 Å². The molecular weight excluding hydrogens is 857 g/mol. The van der Waals surface area contributed by atoms with Gasteiger partial charge in [0.1, 0.15) is 34.5 Å². The zero-order valence-corrected chi connectivity index (χ0v) is 39.7. The van der Waals surface area contributed by atoms with Crippen LogP contribution in [0.25, 0.3) is 27.8 Å². The normalized spacial score (nSPS) is 11.0. The minimum Gasteiger partial charge on any atom is -0.497 e. The summed E-state index contributed by atoms with van der Waals surface area (Å²) in [5.41, 5.74) is 16.2. The van der Waals surface area contributed by atoms with Crippen LogP contribution in [0.4, 0.5) is 11.4 Å². The topological polar surface area (TPSA) is 70.7 Å². The molecule has 0 saturated carbocycles. The first-order valence-electron chi connectivity index (χ1n) is 22.7. The van der Waals surface area contributed by atoms with Crippen LogP contribution < -0.4 is 38.6 Å². The summed E-state index contributed by atoms with van der Waals surface area (Å²) in [7, 11) is 10.1. The Morgan fingerprint density at radius 2 is 0.667 bits per heavy atom. The highest BCUT2D eigenvalue weighted by atomic mass is 16.5. The van der Waals surface area contributed by atoms with Crippen molar-refractivity contribution in [1.82, 2.24) is 0 Å². The van der Waals surface area contributed by atoms with Crippen LogP contribution in [0.5, 0.6) is 34.5 Å². The summed E-state index contributed by atoms with van der Waals surface area (Å²) in [5.74, 6) is 4.76. The summed E-state index contributed by atoms with van der Waals surface area (Å²) < 4.78 is 33.3. The predicted molar refractivity (Wildman–Crippen MR) is 280 cm³/mol. The highest BCUT2D eigenvalue weighted by Gasteiger charge is 2.21. The molecule has 0 aliphatic heterocycles. The Labute approximate surface area is 404 Å². The summed E-state index contributed by atoms with van der Waals surface area (Å²) in [6, 6.07) is 62.5. The third-order valence-electron chi connectivity index (χ3n) is 12.5. The van der Waals surface area contributed by atoms with Crippen molar-refractivity contribution in [3.63, 3.8) is 0 Å². The molecule has 0 radical (unpaired) electrons. The van der Waals surface area contributed by atoms with Crippen molar-refractivity contribution in [3.8, 4) is 45.6 Å². The highest BCUT2D eigenvalue weighted by Crippen LogP contribution is 2.41. The fourth-order valence-electron chi connectivity index (χ4n) is 8.66. The molecule has 8 aromatic rings. The van der Waals surface area contributed by atoms with Gasteiger partial charge in [-0.25, -0.2) is 0 Å². The SMILES string of the molecule is COc1ccc(C(=CNc2ccc3c(c2)Cc2cc(N(C=C(c4ccc(OC)cc4)c4ccc(OC)cc4)C=C(c4ccc(OC)cc4)c4ccc(OC)cc4)ccc2-3)c2ccc(OC)cc2)cc1. The average molecular weight is 911 g/mol.